The molecule has 0 radical (unpaired) electrons. The van der Waals surface area contributed by atoms with Gasteiger partial charge < -0.3 is 15.7 Å². The van der Waals surface area contributed by atoms with Crippen LogP contribution in [0.2, 0.25) is 0 Å². The number of benzene rings is 1. The summed E-state index contributed by atoms with van der Waals surface area (Å²) in [5, 5.41) is 12.0. The van der Waals surface area contributed by atoms with Crippen molar-refractivity contribution in [3.63, 3.8) is 0 Å². The molecule has 0 saturated carbocycles. The maximum atomic E-state index is 8.86. The van der Waals surface area contributed by atoms with Crippen molar-refractivity contribution in [2.75, 3.05) is 26.8 Å². The van der Waals surface area contributed by atoms with Crippen LogP contribution in [0.5, 0.6) is 0 Å². The number of nitrogens with zero attached hydrogens (tertiary/aromatic N) is 2. The van der Waals surface area contributed by atoms with Crippen molar-refractivity contribution < 1.29 is 9.94 Å². The molecule has 3 N–H and O–H groups in total. The third-order valence-corrected chi connectivity index (χ3v) is 4.05. The maximum absolute atomic E-state index is 8.86. The van der Waals surface area contributed by atoms with Gasteiger partial charge in [-0.3, -0.25) is 4.90 Å². The van der Waals surface area contributed by atoms with Crippen molar-refractivity contribution >= 4 is 5.84 Å². The van der Waals surface area contributed by atoms with Crippen LogP contribution in [0.25, 0.3) is 0 Å². The van der Waals surface area contributed by atoms with Crippen LogP contribution in [0.1, 0.15) is 30.9 Å². The Hall–Kier alpha value is -1.59. The monoisotopic (exact) mass is 291 g/mol. The van der Waals surface area contributed by atoms with E-state index in [9.17, 15) is 0 Å². The second-order valence-electron chi connectivity index (χ2n) is 5.74. The van der Waals surface area contributed by atoms with Crippen molar-refractivity contribution in [1.29, 1.82) is 0 Å². The Morgan fingerprint density at radius 1 is 1.48 bits per heavy atom. The lowest BCUT2D eigenvalue weighted by molar-refractivity contribution is 0.0364. The lowest BCUT2D eigenvalue weighted by Crippen LogP contribution is -2.35. The molecule has 1 aliphatic heterocycles. The fourth-order valence-electron chi connectivity index (χ4n) is 2.93. The molecule has 21 heavy (non-hydrogen) atoms. The molecule has 0 spiro atoms. The van der Waals surface area contributed by atoms with E-state index in [2.05, 4.69) is 29.2 Å². The number of oxime groups is 1. The van der Waals surface area contributed by atoms with E-state index < -0.39 is 0 Å². The van der Waals surface area contributed by atoms with Crippen molar-refractivity contribution in [1.82, 2.24) is 4.90 Å². The molecule has 0 amide bonds. The average molecular weight is 291 g/mol. The van der Waals surface area contributed by atoms with Gasteiger partial charge in [0.15, 0.2) is 0 Å². The Bertz CT molecular complexity index is 444. The molecule has 1 fully saturated rings. The molecular weight excluding hydrogens is 266 g/mol. The summed E-state index contributed by atoms with van der Waals surface area (Å²) in [6.45, 7) is 2.67. The molecule has 2 atom stereocenters. The van der Waals surface area contributed by atoms with Crippen LogP contribution in [-0.2, 0) is 4.74 Å². The third-order valence-electron chi connectivity index (χ3n) is 4.05. The summed E-state index contributed by atoms with van der Waals surface area (Å²) in [6, 6.07) is 10.3. The van der Waals surface area contributed by atoms with Crippen LogP contribution in [0.4, 0.5) is 0 Å². The first kappa shape index (κ1) is 15.8. The zero-order chi connectivity index (χ0) is 15.1. The minimum Gasteiger partial charge on any atom is -0.409 e. The summed E-state index contributed by atoms with van der Waals surface area (Å²) in [5.41, 5.74) is 6.91. The van der Waals surface area contributed by atoms with Gasteiger partial charge in [-0.15, -0.1) is 0 Å². The van der Waals surface area contributed by atoms with Crippen LogP contribution < -0.4 is 5.73 Å². The summed E-state index contributed by atoms with van der Waals surface area (Å²) < 4.78 is 5.56. The topological polar surface area (TPSA) is 71.1 Å². The molecule has 0 aliphatic carbocycles. The Balaban J connectivity index is 2.06. The third kappa shape index (κ3) is 4.72. The highest BCUT2D eigenvalue weighted by Crippen LogP contribution is 2.25. The van der Waals surface area contributed by atoms with Crippen molar-refractivity contribution in [2.24, 2.45) is 16.8 Å². The van der Waals surface area contributed by atoms with Gasteiger partial charge in [0.05, 0.1) is 6.61 Å². The molecule has 0 aromatic heterocycles. The Morgan fingerprint density at radius 3 is 2.86 bits per heavy atom. The largest absolute Gasteiger partial charge is 0.409 e. The van der Waals surface area contributed by atoms with E-state index >= 15 is 0 Å². The Labute approximate surface area is 126 Å². The van der Waals surface area contributed by atoms with E-state index in [1.165, 1.54) is 12.0 Å². The van der Waals surface area contributed by atoms with Crippen LogP contribution in [-0.4, -0.2) is 42.7 Å². The van der Waals surface area contributed by atoms with E-state index in [4.69, 9.17) is 15.7 Å². The minimum absolute atomic E-state index is 0.115. The van der Waals surface area contributed by atoms with Gasteiger partial charge in [-0.1, -0.05) is 35.5 Å². The lowest BCUT2D eigenvalue weighted by Gasteiger charge is -2.33. The van der Waals surface area contributed by atoms with Gasteiger partial charge in [-0.05, 0) is 31.4 Å². The number of nitrogens with two attached hydrogens (primary N) is 1. The molecule has 2 unspecified atom stereocenters. The molecule has 1 heterocycles. The highest BCUT2D eigenvalue weighted by atomic mass is 16.5. The normalized spacial score (nSPS) is 21.4. The minimum atomic E-state index is 0.115. The van der Waals surface area contributed by atoms with Crippen LogP contribution in [0.15, 0.2) is 35.5 Å². The van der Waals surface area contributed by atoms with Crippen LogP contribution in [0, 0.1) is 5.92 Å². The van der Waals surface area contributed by atoms with Crippen molar-refractivity contribution in [3.8, 4) is 0 Å². The van der Waals surface area contributed by atoms with Gasteiger partial charge in [0.1, 0.15) is 5.84 Å². The van der Waals surface area contributed by atoms with Gasteiger partial charge in [0, 0.05) is 25.6 Å². The summed E-state index contributed by atoms with van der Waals surface area (Å²) >= 11 is 0. The lowest BCUT2D eigenvalue weighted by atomic mass is 9.97. The molecule has 0 bridgehead atoms. The fraction of sp³-hybridized carbons (Fsp3) is 0.562. The first-order valence-electron chi connectivity index (χ1n) is 7.50. The molecule has 1 aliphatic rings. The van der Waals surface area contributed by atoms with E-state index in [0.29, 0.717) is 12.3 Å². The summed E-state index contributed by atoms with van der Waals surface area (Å²) in [6.07, 6.45) is 2.86. The molecule has 2 rings (SSSR count). The molecule has 1 aromatic rings. The number of amidine groups is 1. The number of hydrogen-bond acceptors (Lipinski definition) is 4. The Morgan fingerprint density at radius 2 is 2.24 bits per heavy atom. The van der Waals surface area contributed by atoms with Gasteiger partial charge in [0.2, 0.25) is 0 Å². The van der Waals surface area contributed by atoms with Crippen LogP contribution in [0.3, 0.4) is 0 Å². The fourth-order valence-corrected chi connectivity index (χ4v) is 2.93. The highest BCUT2D eigenvalue weighted by molar-refractivity contribution is 5.80. The van der Waals surface area contributed by atoms with Gasteiger partial charge >= 0.3 is 0 Å². The van der Waals surface area contributed by atoms with E-state index in [1.807, 2.05) is 18.2 Å². The summed E-state index contributed by atoms with van der Waals surface area (Å²) in [7, 11) is 2.09. The van der Waals surface area contributed by atoms with E-state index in [0.717, 1.165) is 26.2 Å². The number of hydrogen-bond donors (Lipinski definition) is 2. The standard InChI is InChI=1S/C16H25N3O2/c1-19(11-13-6-5-9-21-12-13)15(10-16(17)18-20)14-7-3-2-4-8-14/h2-4,7-8,13,15,20H,5-6,9-12H2,1H3,(H2,17,18). The maximum Gasteiger partial charge on any atom is 0.141 e. The summed E-state index contributed by atoms with van der Waals surface area (Å²) in [4.78, 5) is 2.28. The SMILES string of the molecule is CN(CC1CCCOC1)C(CC(N)=NO)c1ccccc1. The molecule has 1 aromatic carbocycles. The first-order valence-corrected chi connectivity index (χ1v) is 7.50. The molecular formula is C16H25N3O2. The smallest absolute Gasteiger partial charge is 0.141 e. The highest BCUT2D eigenvalue weighted by Gasteiger charge is 2.23. The van der Waals surface area contributed by atoms with Gasteiger partial charge in [-0.2, -0.15) is 0 Å². The molecule has 1 saturated heterocycles. The second-order valence-corrected chi connectivity index (χ2v) is 5.74. The predicted molar refractivity (Wildman–Crippen MR) is 83.4 cm³/mol. The quantitative estimate of drug-likeness (QED) is 0.365. The van der Waals surface area contributed by atoms with Crippen molar-refractivity contribution in [2.45, 2.75) is 25.3 Å². The number of ether oxygens (including phenoxy) is 1. The predicted octanol–water partition coefficient (Wildman–Crippen LogP) is 2.22. The van der Waals surface area contributed by atoms with Gasteiger partial charge in [0.25, 0.3) is 0 Å². The molecule has 116 valence electrons. The second kappa shape index (κ2) is 8.00. The van der Waals surface area contributed by atoms with Crippen LogP contribution >= 0.6 is 0 Å². The zero-order valence-electron chi connectivity index (χ0n) is 12.6. The Kier molecular flexibility index (Phi) is 6.02. The van der Waals surface area contributed by atoms with E-state index in [1.54, 1.807) is 0 Å². The molecule has 5 heteroatoms. The average Bonchev–Trinajstić information content (AvgIpc) is 2.54. The zero-order valence-corrected chi connectivity index (χ0v) is 12.6. The van der Waals surface area contributed by atoms with Gasteiger partial charge in [-0.25, -0.2) is 0 Å². The molecule has 5 nitrogen and oxygen atoms in total. The van der Waals surface area contributed by atoms with E-state index in [-0.39, 0.29) is 11.9 Å². The first-order chi connectivity index (χ1) is 10.2. The number of rotatable bonds is 6. The van der Waals surface area contributed by atoms with Crippen molar-refractivity contribution in [3.05, 3.63) is 35.9 Å². The summed E-state index contributed by atoms with van der Waals surface area (Å²) in [5.74, 6) is 0.817.